The maximum absolute atomic E-state index is 12.9. The van der Waals surface area contributed by atoms with Crippen LogP contribution in [0, 0.1) is 0 Å². The van der Waals surface area contributed by atoms with Crippen molar-refractivity contribution >= 4 is 21.6 Å². The predicted octanol–water partition coefficient (Wildman–Crippen LogP) is 4.18. The third kappa shape index (κ3) is 3.63. The van der Waals surface area contributed by atoms with Crippen LogP contribution in [0.1, 0.15) is 11.3 Å². The van der Waals surface area contributed by atoms with Gasteiger partial charge in [0, 0.05) is 10.2 Å². The smallest absolute Gasteiger partial charge is 0.418 e. The number of rotatable bonds is 3. The van der Waals surface area contributed by atoms with Crippen LogP contribution >= 0.6 is 15.9 Å². The number of halogens is 4. The Bertz CT molecular complexity index is 600. The monoisotopic (exact) mass is 346 g/mol. The van der Waals surface area contributed by atoms with E-state index < -0.39 is 11.7 Å². The molecular formula is C13H10BrF3N2O. The summed E-state index contributed by atoms with van der Waals surface area (Å²) < 4.78 is 39.1. The summed E-state index contributed by atoms with van der Waals surface area (Å²) in [6.07, 6.45) is -3.20. The van der Waals surface area contributed by atoms with E-state index >= 15 is 0 Å². The van der Waals surface area contributed by atoms with Crippen LogP contribution in [0.15, 0.2) is 41.0 Å². The van der Waals surface area contributed by atoms with Crippen molar-refractivity contribution in [3.8, 4) is 5.75 Å². The number of anilines is 1. The number of pyridine rings is 1. The van der Waals surface area contributed by atoms with E-state index in [1.807, 2.05) is 0 Å². The first-order chi connectivity index (χ1) is 9.36. The number of hydrogen-bond acceptors (Lipinski definition) is 3. The van der Waals surface area contributed by atoms with Gasteiger partial charge < -0.3 is 10.4 Å². The SMILES string of the molecule is Oc1ccc(CNc2ccc(Br)cc2C(F)(F)F)nc1. The third-order valence-electron chi connectivity index (χ3n) is 2.56. The number of aromatic nitrogens is 1. The molecule has 1 aromatic carbocycles. The molecule has 0 saturated heterocycles. The highest BCUT2D eigenvalue weighted by atomic mass is 79.9. The van der Waals surface area contributed by atoms with E-state index in [1.54, 1.807) is 0 Å². The molecule has 0 aliphatic carbocycles. The summed E-state index contributed by atoms with van der Waals surface area (Å²) in [5.41, 5.74) is -0.236. The van der Waals surface area contributed by atoms with Gasteiger partial charge in [-0.3, -0.25) is 4.98 Å². The molecule has 0 aliphatic rings. The maximum atomic E-state index is 12.9. The summed E-state index contributed by atoms with van der Waals surface area (Å²) in [7, 11) is 0. The van der Waals surface area contributed by atoms with Crippen molar-refractivity contribution in [2.75, 3.05) is 5.32 Å². The van der Waals surface area contributed by atoms with Crippen LogP contribution in [-0.2, 0) is 12.7 Å². The number of nitrogens with zero attached hydrogens (tertiary/aromatic N) is 1. The normalized spacial score (nSPS) is 11.4. The molecule has 2 aromatic rings. The lowest BCUT2D eigenvalue weighted by Gasteiger charge is -2.14. The Balaban J connectivity index is 2.19. The van der Waals surface area contributed by atoms with Gasteiger partial charge in [-0.2, -0.15) is 13.2 Å². The molecule has 0 atom stereocenters. The molecule has 0 saturated carbocycles. The van der Waals surface area contributed by atoms with Crippen LogP contribution in [0.3, 0.4) is 0 Å². The van der Waals surface area contributed by atoms with E-state index in [0.29, 0.717) is 10.2 Å². The van der Waals surface area contributed by atoms with Gasteiger partial charge in [-0.1, -0.05) is 15.9 Å². The predicted molar refractivity (Wildman–Crippen MR) is 72.4 cm³/mol. The zero-order valence-corrected chi connectivity index (χ0v) is 11.7. The van der Waals surface area contributed by atoms with Gasteiger partial charge in [0.15, 0.2) is 0 Å². The van der Waals surface area contributed by atoms with E-state index in [-0.39, 0.29) is 18.0 Å². The molecule has 0 spiro atoms. The molecule has 106 valence electrons. The summed E-state index contributed by atoms with van der Waals surface area (Å²) in [5.74, 6) is 0.00775. The van der Waals surface area contributed by atoms with Crippen molar-refractivity contribution in [2.45, 2.75) is 12.7 Å². The summed E-state index contributed by atoms with van der Waals surface area (Å²) in [4.78, 5) is 3.90. The first kappa shape index (κ1) is 14.6. The zero-order valence-electron chi connectivity index (χ0n) is 10.1. The summed E-state index contributed by atoms with van der Waals surface area (Å²) in [6, 6.07) is 6.87. The summed E-state index contributed by atoms with van der Waals surface area (Å²) in [6.45, 7) is 0.130. The highest BCUT2D eigenvalue weighted by Gasteiger charge is 2.33. The third-order valence-corrected chi connectivity index (χ3v) is 3.05. The molecule has 0 amide bonds. The Morgan fingerprint density at radius 3 is 2.55 bits per heavy atom. The van der Waals surface area contributed by atoms with Crippen molar-refractivity contribution < 1.29 is 18.3 Å². The molecule has 0 fully saturated rings. The van der Waals surface area contributed by atoms with Gasteiger partial charge in [0.05, 0.1) is 24.0 Å². The van der Waals surface area contributed by atoms with E-state index in [9.17, 15) is 13.2 Å². The molecule has 1 aromatic heterocycles. The number of nitrogens with one attached hydrogen (secondary N) is 1. The molecule has 0 bridgehead atoms. The lowest BCUT2D eigenvalue weighted by Crippen LogP contribution is -2.11. The van der Waals surface area contributed by atoms with E-state index in [1.165, 1.54) is 30.5 Å². The van der Waals surface area contributed by atoms with Crippen molar-refractivity contribution in [1.82, 2.24) is 4.98 Å². The molecule has 0 unspecified atom stereocenters. The first-order valence-electron chi connectivity index (χ1n) is 5.61. The van der Waals surface area contributed by atoms with Gasteiger partial charge in [-0.05, 0) is 30.3 Å². The van der Waals surface area contributed by atoms with Crippen LogP contribution < -0.4 is 5.32 Å². The van der Waals surface area contributed by atoms with Gasteiger partial charge in [-0.25, -0.2) is 0 Å². The van der Waals surface area contributed by atoms with Crippen LogP contribution in [-0.4, -0.2) is 10.1 Å². The van der Waals surface area contributed by atoms with Gasteiger partial charge in [0.2, 0.25) is 0 Å². The van der Waals surface area contributed by atoms with Crippen LogP contribution in [0.5, 0.6) is 5.75 Å². The molecule has 20 heavy (non-hydrogen) atoms. The molecule has 7 heteroatoms. The fourth-order valence-corrected chi connectivity index (χ4v) is 1.97. The lowest BCUT2D eigenvalue weighted by molar-refractivity contribution is -0.137. The fourth-order valence-electron chi connectivity index (χ4n) is 1.61. The number of hydrogen-bond donors (Lipinski definition) is 2. The zero-order chi connectivity index (χ0) is 14.8. The molecule has 1 heterocycles. The van der Waals surface area contributed by atoms with Crippen LogP contribution in [0.4, 0.5) is 18.9 Å². The van der Waals surface area contributed by atoms with Gasteiger partial charge >= 0.3 is 6.18 Å². The second-order valence-corrected chi connectivity index (χ2v) is 4.96. The molecule has 0 radical (unpaired) electrons. The van der Waals surface area contributed by atoms with Crippen molar-refractivity contribution in [3.63, 3.8) is 0 Å². The average molecular weight is 347 g/mol. The van der Waals surface area contributed by atoms with Crippen LogP contribution in [0.25, 0.3) is 0 Å². The van der Waals surface area contributed by atoms with Crippen molar-refractivity contribution in [3.05, 3.63) is 52.3 Å². The van der Waals surface area contributed by atoms with Crippen molar-refractivity contribution in [1.29, 1.82) is 0 Å². The van der Waals surface area contributed by atoms with Crippen LogP contribution in [0.2, 0.25) is 0 Å². The summed E-state index contributed by atoms with van der Waals surface area (Å²) in [5, 5.41) is 11.8. The molecule has 3 nitrogen and oxygen atoms in total. The average Bonchev–Trinajstić information content (AvgIpc) is 2.38. The minimum Gasteiger partial charge on any atom is -0.506 e. The Morgan fingerprint density at radius 1 is 1.20 bits per heavy atom. The minimum absolute atomic E-state index is 0.00775. The Labute approximate surface area is 121 Å². The largest absolute Gasteiger partial charge is 0.506 e. The topological polar surface area (TPSA) is 45.1 Å². The van der Waals surface area contributed by atoms with Gasteiger partial charge in [-0.15, -0.1) is 0 Å². The molecule has 2 N–H and O–H groups in total. The highest BCUT2D eigenvalue weighted by Crippen LogP contribution is 2.36. The number of aromatic hydroxyl groups is 1. The Hall–Kier alpha value is -1.76. The van der Waals surface area contributed by atoms with Crippen molar-refractivity contribution in [2.24, 2.45) is 0 Å². The quantitative estimate of drug-likeness (QED) is 0.876. The lowest BCUT2D eigenvalue weighted by atomic mass is 10.1. The number of benzene rings is 1. The molecule has 2 rings (SSSR count). The second-order valence-electron chi connectivity index (χ2n) is 4.05. The second kappa shape index (κ2) is 5.70. The maximum Gasteiger partial charge on any atom is 0.418 e. The fraction of sp³-hybridized carbons (Fsp3) is 0.154. The minimum atomic E-state index is -4.44. The molecule has 0 aliphatic heterocycles. The summed E-state index contributed by atoms with van der Waals surface area (Å²) >= 11 is 3.02. The standard InChI is InChI=1S/C13H10BrF3N2O/c14-8-1-4-12(11(5-8)13(15,16)17)19-6-9-2-3-10(20)7-18-9/h1-5,7,19-20H,6H2. The van der Waals surface area contributed by atoms with Gasteiger partial charge in [0.25, 0.3) is 0 Å². The first-order valence-corrected chi connectivity index (χ1v) is 6.40. The highest BCUT2D eigenvalue weighted by molar-refractivity contribution is 9.10. The number of alkyl halides is 3. The Morgan fingerprint density at radius 2 is 1.95 bits per heavy atom. The van der Waals surface area contributed by atoms with E-state index in [0.717, 1.165) is 6.07 Å². The molecular weight excluding hydrogens is 337 g/mol. The Kier molecular flexibility index (Phi) is 4.17. The van der Waals surface area contributed by atoms with E-state index in [2.05, 4.69) is 26.2 Å². The van der Waals surface area contributed by atoms with E-state index in [4.69, 9.17) is 5.11 Å². The van der Waals surface area contributed by atoms with Gasteiger partial charge in [0.1, 0.15) is 5.75 Å².